The molecular formula is C20H23FN6. The minimum absolute atomic E-state index is 0.203. The summed E-state index contributed by atoms with van der Waals surface area (Å²) in [6, 6.07) is 10.8. The van der Waals surface area contributed by atoms with Gasteiger partial charge in [-0.3, -0.25) is 4.68 Å². The fourth-order valence-corrected chi connectivity index (χ4v) is 2.67. The van der Waals surface area contributed by atoms with E-state index in [1.807, 2.05) is 43.4 Å². The number of nitrogens with two attached hydrogens (primary N) is 1. The number of hydrogen-bond acceptors (Lipinski definition) is 4. The molecule has 3 rings (SSSR count). The Kier molecular flexibility index (Phi) is 5.49. The molecule has 0 radical (unpaired) electrons. The SMILES string of the molecule is Cc1cc(Cn2ccc(N=C(N)Cc3ccc(N(C)C)nc3)n2)ccc1F. The first kappa shape index (κ1) is 18.6. The fourth-order valence-electron chi connectivity index (χ4n) is 2.67. The van der Waals surface area contributed by atoms with Gasteiger partial charge in [-0.2, -0.15) is 5.10 Å². The molecular weight excluding hydrogens is 343 g/mol. The Balaban J connectivity index is 1.65. The van der Waals surface area contributed by atoms with Crippen LogP contribution in [0.4, 0.5) is 16.0 Å². The average molecular weight is 366 g/mol. The van der Waals surface area contributed by atoms with Crippen molar-refractivity contribution in [2.45, 2.75) is 19.9 Å². The van der Waals surface area contributed by atoms with Crippen LogP contribution in [0.5, 0.6) is 0 Å². The van der Waals surface area contributed by atoms with Crippen LogP contribution in [-0.2, 0) is 13.0 Å². The molecule has 27 heavy (non-hydrogen) atoms. The number of anilines is 1. The summed E-state index contributed by atoms with van der Waals surface area (Å²) in [6.07, 6.45) is 4.14. The van der Waals surface area contributed by atoms with Crippen LogP contribution in [0, 0.1) is 12.7 Å². The van der Waals surface area contributed by atoms with Crippen molar-refractivity contribution >= 4 is 17.5 Å². The standard InChI is InChI=1S/C20H23FN6/c1-14-10-16(4-6-17(14)21)13-27-9-8-19(25-27)24-18(22)11-15-5-7-20(23-12-15)26(2)3/h4-10,12H,11,13H2,1-3H3,(H2,22,24,25). The molecule has 0 unspecified atom stereocenters. The number of aromatic nitrogens is 3. The first-order valence-electron chi connectivity index (χ1n) is 8.64. The van der Waals surface area contributed by atoms with Gasteiger partial charge in [-0.1, -0.05) is 18.2 Å². The number of halogens is 1. The monoisotopic (exact) mass is 366 g/mol. The third kappa shape index (κ3) is 4.91. The second-order valence-electron chi connectivity index (χ2n) is 6.65. The van der Waals surface area contributed by atoms with E-state index in [0.29, 0.717) is 30.2 Å². The largest absolute Gasteiger partial charge is 0.387 e. The van der Waals surface area contributed by atoms with Gasteiger partial charge in [0.15, 0.2) is 5.82 Å². The third-order valence-electron chi connectivity index (χ3n) is 4.10. The lowest BCUT2D eigenvalue weighted by Gasteiger charge is -2.11. The summed E-state index contributed by atoms with van der Waals surface area (Å²) in [7, 11) is 3.89. The van der Waals surface area contributed by atoms with Crippen LogP contribution in [0.3, 0.4) is 0 Å². The molecule has 2 aromatic heterocycles. The summed E-state index contributed by atoms with van der Waals surface area (Å²) in [5.74, 6) is 1.70. The number of benzene rings is 1. The maximum Gasteiger partial charge on any atom is 0.175 e. The molecule has 0 saturated heterocycles. The molecule has 2 heterocycles. The van der Waals surface area contributed by atoms with Crippen molar-refractivity contribution < 1.29 is 4.39 Å². The lowest BCUT2D eigenvalue weighted by molar-refractivity contribution is 0.615. The highest BCUT2D eigenvalue weighted by atomic mass is 19.1. The van der Waals surface area contributed by atoms with Crippen LogP contribution in [0.1, 0.15) is 16.7 Å². The van der Waals surface area contributed by atoms with Crippen LogP contribution in [0.2, 0.25) is 0 Å². The van der Waals surface area contributed by atoms with E-state index in [1.165, 1.54) is 6.07 Å². The Morgan fingerprint density at radius 3 is 2.63 bits per heavy atom. The summed E-state index contributed by atoms with van der Waals surface area (Å²) < 4.78 is 15.1. The molecule has 3 aromatic rings. The van der Waals surface area contributed by atoms with Gasteiger partial charge in [0.2, 0.25) is 0 Å². The second kappa shape index (κ2) is 7.99. The number of amidine groups is 1. The molecule has 1 aromatic carbocycles. The lowest BCUT2D eigenvalue weighted by atomic mass is 10.1. The highest BCUT2D eigenvalue weighted by Crippen LogP contribution is 2.14. The quantitative estimate of drug-likeness (QED) is 0.538. The predicted molar refractivity (Wildman–Crippen MR) is 106 cm³/mol. The van der Waals surface area contributed by atoms with E-state index in [4.69, 9.17) is 5.73 Å². The summed E-state index contributed by atoms with van der Waals surface area (Å²) in [6.45, 7) is 2.30. The number of aryl methyl sites for hydroxylation is 1. The fraction of sp³-hybridized carbons (Fsp3) is 0.250. The van der Waals surface area contributed by atoms with E-state index in [-0.39, 0.29) is 5.82 Å². The van der Waals surface area contributed by atoms with Gasteiger partial charge in [-0.25, -0.2) is 14.4 Å². The molecule has 0 aliphatic heterocycles. The molecule has 2 N–H and O–H groups in total. The molecule has 7 heteroatoms. The highest BCUT2D eigenvalue weighted by molar-refractivity contribution is 5.84. The molecule has 0 amide bonds. The Bertz CT molecular complexity index is 943. The van der Waals surface area contributed by atoms with Crippen LogP contribution < -0.4 is 10.6 Å². The minimum Gasteiger partial charge on any atom is -0.387 e. The van der Waals surface area contributed by atoms with Crippen molar-refractivity contribution in [2.75, 3.05) is 19.0 Å². The maximum atomic E-state index is 13.4. The summed E-state index contributed by atoms with van der Waals surface area (Å²) in [5, 5.41) is 4.41. The number of aliphatic imine (C=N–C) groups is 1. The van der Waals surface area contributed by atoms with Gasteiger partial charge in [-0.15, -0.1) is 0 Å². The molecule has 0 atom stereocenters. The zero-order chi connectivity index (χ0) is 19.4. The van der Waals surface area contributed by atoms with Crippen LogP contribution in [0.15, 0.2) is 53.8 Å². The van der Waals surface area contributed by atoms with Gasteiger partial charge >= 0.3 is 0 Å². The van der Waals surface area contributed by atoms with E-state index in [2.05, 4.69) is 15.1 Å². The molecule has 0 saturated carbocycles. The van der Waals surface area contributed by atoms with Crippen molar-refractivity contribution in [3.8, 4) is 0 Å². The Morgan fingerprint density at radius 1 is 1.19 bits per heavy atom. The molecule has 0 fully saturated rings. The number of pyridine rings is 1. The van der Waals surface area contributed by atoms with Gasteiger partial charge in [-0.05, 0) is 35.7 Å². The summed E-state index contributed by atoms with van der Waals surface area (Å²) >= 11 is 0. The van der Waals surface area contributed by atoms with Gasteiger partial charge in [0, 0.05) is 39.0 Å². The highest BCUT2D eigenvalue weighted by Gasteiger charge is 2.04. The van der Waals surface area contributed by atoms with Gasteiger partial charge in [0.1, 0.15) is 17.5 Å². The number of hydrogen-bond donors (Lipinski definition) is 1. The number of nitrogens with zero attached hydrogens (tertiary/aromatic N) is 5. The topological polar surface area (TPSA) is 72.3 Å². The van der Waals surface area contributed by atoms with Gasteiger partial charge in [0.05, 0.1) is 6.54 Å². The van der Waals surface area contributed by atoms with Gasteiger partial charge < -0.3 is 10.6 Å². The normalized spacial score (nSPS) is 11.6. The first-order valence-corrected chi connectivity index (χ1v) is 8.64. The molecule has 6 nitrogen and oxygen atoms in total. The summed E-state index contributed by atoms with van der Waals surface area (Å²) in [4.78, 5) is 10.7. The zero-order valence-electron chi connectivity index (χ0n) is 15.7. The third-order valence-corrected chi connectivity index (χ3v) is 4.10. The average Bonchev–Trinajstić information content (AvgIpc) is 3.05. The van der Waals surface area contributed by atoms with Crippen molar-refractivity contribution in [3.05, 3.63) is 71.3 Å². The van der Waals surface area contributed by atoms with Crippen molar-refractivity contribution in [2.24, 2.45) is 10.7 Å². The van der Waals surface area contributed by atoms with E-state index < -0.39 is 0 Å². The Labute approximate surface area is 158 Å². The first-order chi connectivity index (χ1) is 12.9. The van der Waals surface area contributed by atoms with Crippen molar-refractivity contribution in [1.29, 1.82) is 0 Å². The predicted octanol–water partition coefficient (Wildman–Crippen LogP) is 3.07. The Hall–Kier alpha value is -3.22. The maximum absolute atomic E-state index is 13.4. The van der Waals surface area contributed by atoms with Crippen LogP contribution in [0.25, 0.3) is 0 Å². The second-order valence-corrected chi connectivity index (χ2v) is 6.65. The van der Waals surface area contributed by atoms with E-state index in [1.54, 1.807) is 29.9 Å². The molecule has 140 valence electrons. The minimum atomic E-state index is -0.203. The molecule has 0 spiro atoms. The molecule has 0 aliphatic carbocycles. The van der Waals surface area contributed by atoms with E-state index in [9.17, 15) is 4.39 Å². The van der Waals surface area contributed by atoms with E-state index in [0.717, 1.165) is 16.9 Å². The van der Waals surface area contributed by atoms with Crippen molar-refractivity contribution in [3.63, 3.8) is 0 Å². The Morgan fingerprint density at radius 2 is 1.96 bits per heavy atom. The molecule has 0 aliphatic rings. The zero-order valence-corrected chi connectivity index (χ0v) is 15.7. The van der Waals surface area contributed by atoms with Crippen LogP contribution in [-0.4, -0.2) is 34.7 Å². The molecule has 0 bridgehead atoms. The van der Waals surface area contributed by atoms with Crippen LogP contribution >= 0.6 is 0 Å². The lowest BCUT2D eigenvalue weighted by Crippen LogP contribution is -2.15. The van der Waals surface area contributed by atoms with Gasteiger partial charge in [0.25, 0.3) is 0 Å². The summed E-state index contributed by atoms with van der Waals surface area (Å²) in [5.41, 5.74) is 8.64. The van der Waals surface area contributed by atoms with Crippen molar-refractivity contribution in [1.82, 2.24) is 14.8 Å². The number of rotatable bonds is 6. The smallest absolute Gasteiger partial charge is 0.175 e. The van der Waals surface area contributed by atoms with E-state index >= 15 is 0 Å².